The second-order valence-corrected chi connectivity index (χ2v) is 4.75. The zero-order valence-corrected chi connectivity index (χ0v) is 11.9. The molecule has 2 aromatic rings. The maximum atomic E-state index is 12.3. The van der Waals surface area contributed by atoms with E-state index in [2.05, 4.69) is 16.4 Å². The number of carbonyl (C=O) groups excluding carboxylic acids is 1. The smallest absolute Gasteiger partial charge is 0.242 e. The van der Waals surface area contributed by atoms with E-state index in [1.807, 2.05) is 37.3 Å². The summed E-state index contributed by atoms with van der Waals surface area (Å²) < 4.78 is 0. The average Bonchev–Trinajstić information content (AvgIpc) is 2.54. The van der Waals surface area contributed by atoms with Crippen LogP contribution in [-0.2, 0) is 17.6 Å². The van der Waals surface area contributed by atoms with Gasteiger partial charge in [-0.1, -0.05) is 31.2 Å². The molecule has 1 heterocycles. The molecule has 0 aliphatic rings. The third-order valence-electron chi connectivity index (χ3n) is 3.29. The van der Waals surface area contributed by atoms with Crippen LogP contribution in [0.15, 0.2) is 48.8 Å². The van der Waals surface area contributed by atoms with Gasteiger partial charge in [-0.25, -0.2) is 0 Å². The second kappa shape index (κ2) is 7.20. The summed E-state index contributed by atoms with van der Waals surface area (Å²) in [6.07, 6.45) is 4.54. The minimum Gasteiger partial charge on any atom is -0.325 e. The fourth-order valence-electron chi connectivity index (χ4n) is 2.12. The summed E-state index contributed by atoms with van der Waals surface area (Å²) >= 11 is 0. The summed E-state index contributed by atoms with van der Waals surface area (Å²) in [4.78, 5) is 16.3. The van der Waals surface area contributed by atoms with Gasteiger partial charge in [0, 0.05) is 18.1 Å². The summed E-state index contributed by atoms with van der Waals surface area (Å²) in [5.74, 6) is -0.999. The van der Waals surface area contributed by atoms with Crippen LogP contribution < -0.4 is 5.32 Å². The first-order valence-electron chi connectivity index (χ1n) is 6.92. The van der Waals surface area contributed by atoms with Crippen LogP contribution in [0.5, 0.6) is 0 Å². The molecule has 0 spiro atoms. The lowest BCUT2D eigenvalue weighted by atomic mass is 10.0. The highest BCUT2D eigenvalue weighted by Gasteiger charge is 2.19. The van der Waals surface area contributed by atoms with Gasteiger partial charge in [0.2, 0.25) is 5.91 Å². The highest BCUT2D eigenvalue weighted by Crippen LogP contribution is 2.17. The Labute approximate surface area is 124 Å². The van der Waals surface area contributed by atoms with E-state index in [1.165, 1.54) is 0 Å². The molecule has 1 amide bonds. The van der Waals surface area contributed by atoms with Crippen LogP contribution in [0, 0.1) is 17.2 Å². The second-order valence-electron chi connectivity index (χ2n) is 4.75. The quantitative estimate of drug-likeness (QED) is 0.915. The fourth-order valence-corrected chi connectivity index (χ4v) is 2.12. The summed E-state index contributed by atoms with van der Waals surface area (Å²) in [6.45, 7) is 2.03. The number of carbonyl (C=O) groups is 1. The minimum atomic E-state index is -0.723. The van der Waals surface area contributed by atoms with Gasteiger partial charge in [-0.05, 0) is 36.1 Å². The van der Waals surface area contributed by atoms with E-state index < -0.39 is 5.92 Å². The van der Waals surface area contributed by atoms with Crippen molar-refractivity contribution >= 4 is 11.6 Å². The number of para-hydroxylation sites is 1. The molecule has 21 heavy (non-hydrogen) atoms. The van der Waals surface area contributed by atoms with E-state index in [0.717, 1.165) is 23.2 Å². The van der Waals surface area contributed by atoms with E-state index in [1.54, 1.807) is 18.5 Å². The Hall–Kier alpha value is -2.67. The minimum absolute atomic E-state index is 0.276. The van der Waals surface area contributed by atoms with Gasteiger partial charge in [0.25, 0.3) is 0 Å². The van der Waals surface area contributed by atoms with Crippen LogP contribution >= 0.6 is 0 Å². The van der Waals surface area contributed by atoms with E-state index in [-0.39, 0.29) is 5.91 Å². The van der Waals surface area contributed by atoms with Gasteiger partial charge in [0.15, 0.2) is 0 Å². The van der Waals surface area contributed by atoms with Crippen molar-refractivity contribution in [3.63, 3.8) is 0 Å². The maximum Gasteiger partial charge on any atom is 0.242 e. The van der Waals surface area contributed by atoms with Crippen LogP contribution in [0.4, 0.5) is 5.69 Å². The highest BCUT2D eigenvalue weighted by molar-refractivity contribution is 5.94. The molecule has 0 bridgehead atoms. The summed E-state index contributed by atoms with van der Waals surface area (Å²) in [5, 5.41) is 12.1. The maximum absolute atomic E-state index is 12.3. The summed E-state index contributed by atoms with van der Waals surface area (Å²) in [6, 6.07) is 13.4. The van der Waals surface area contributed by atoms with E-state index in [4.69, 9.17) is 0 Å². The van der Waals surface area contributed by atoms with Gasteiger partial charge in [0.05, 0.1) is 6.07 Å². The topological polar surface area (TPSA) is 65.8 Å². The molecule has 1 aromatic heterocycles. The fraction of sp³-hybridized carbons (Fsp3) is 0.235. The third kappa shape index (κ3) is 3.90. The molecule has 0 aliphatic carbocycles. The molecular weight excluding hydrogens is 262 g/mol. The van der Waals surface area contributed by atoms with Crippen molar-refractivity contribution in [1.29, 1.82) is 5.26 Å². The molecule has 4 heteroatoms. The van der Waals surface area contributed by atoms with E-state index in [0.29, 0.717) is 6.42 Å². The number of amides is 1. The number of nitrogens with zero attached hydrogens (tertiary/aromatic N) is 2. The van der Waals surface area contributed by atoms with Gasteiger partial charge in [0.1, 0.15) is 5.92 Å². The standard InChI is InChI=1S/C17H17N3O/c1-2-14-7-3-4-8-16(14)20-17(21)15(11-18)10-13-6-5-9-19-12-13/h3-9,12,15H,2,10H2,1H3,(H,20,21)/t15-/m1/s1. The zero-order chi connectivity index (χ0) is 15.1. The number of rotatable bonds is 5. The first-order chi connectivity index (χ1) is 10.2. The molecule has 106 valence electrons. The number of aromatic nitrogens is 1. The zero-order valence-electron chi connectivity index (χ0n) is 11.9. The highest BCUT2D eigenvalue weighted by atomic mass is 16.1. The summed E-state index contributed by atoms with van der Waals surface area (Å²) in [7, 11) is 0. The number of aryl methyl sites for hydroxylation is 1. The largest absolute Gasteiger partial charge is 0.325 e. The van der Waals surface area contributed by atoms with E-state index in [9.17, 15) is 10.1 Å². The van der Waals surface area contributed by atoms with Gasteiger partial charge in [-0.3, -0.25) is 9.78 Å². The van der Waals surface area contributed by atoms with Crippen molar-refractivity contribution in [2.75, 3.05) is 5.32 Å². The molecule has 1 aromatic carbocycles. The number of benzene rings is 1. The van der Waals surface area contributed by atoms with Gasteiger partial charge >= 0.3 is 0 Å². The number of pyridine rings is 1. The number of hydrogen-bond donors (Lipinski definition) is 1. The van der Waals surface area contributed by atoms with Gasteiger partial charge < -0.3 is 5.32 Å². The molecule has 0 saturated heterocycles. The number of hydrogen-bond acceptors (Lipinski definition) is 3. The Morgan fingerprint density at radius 1 is 1.33 bits per heavy atom. The van der Waals surface area contributed by atoms with E-state index >= 15 is 0 Å². The Bertz CT molecular complexity index is 647. The lowest BCUT2D eigenvalue weighted by molar-refractivity contribution is -0.118. The molecule has 0 aliphatic heterocycles. The first kappa shape index (κ1) is 14.7. The molecule has 0 radical (unpaired) electrons. The van der Waals surface area contributed by atoms with Crippen LogP contribution in [0.3, 0.4) is 0 Å². The molecule has 0 saturated carbocycles. The first-order valence-corrected chi connectivity index (χ1v) is 6.92. The Balaban J connectivity index is 2.09. The van der Waals surface area contributed by atoms with Crippen LogP contribution in [0.1, 0.15) is 18.1 Å². The molecular formula is C17H17N3O. The molecule has 0 fully saturated rings. The normalized spacial score (nSPS) is 11.4. The van der Waals surface area contributed by atoms with Gasteiger partial charge in [-0.2, -0.15) is 5.26 Å². The SMILES string of the molecule is CCc1ccccc1NC(=O)[C@@H](C#N)Cc1cccnc1. The Morgan fingerprint density at radius 3 is 2.81 bits per heavy atom. The van der Waals surface area contributed by atoms with Gasteiger partial charge in [-0.15, -0.1) is 0 Å². The predicted octanol–water partition coefficient (Wildman–Crippen LogP) is 2.96. The lowest BCUT2D eigenvalue weighted by Crippen LogP contribution is -2.24. The molecule has 1 N–H and O–H groups in total. The monoisotopic (exact) mass is 279 g/mol. The van der Waals surface area contributed by atoms with Crippen molar-refractivity contribution < 1.29 is 4.79 Å². The Kier molecular flexibility index (Phi) is 5.05. The predicted molar refractivity (Wildman–Crippen MR) is 81.5 cm³/mol. The number of nitriles is 1. The van der Waals surface area contributed by atoms with Crippen LogP contribution in [-0.4, -0.2) is 10.9 Å². The Morgan fingerprint density at radius 2 is 2.14 bits per heavy atom. The van der Waals surface area contributed by atoms with Crippen molar-refractivity contribution in [2.45, 2.75) is 19.8 Å². The summed E-state index contributed by atoms with van der Waals surface area (Å²) in [5.41, 5.74) is 2.71. The molecule has 1 atom stereocenters. The van der Waals surface area contributed by atoms with Crippen molar-refractivity contribution in [1.82, 2.24) is 4.98 Å². The molecule has 4 nitrogen and oxygen atoms in total. The third-order valence-corrected chi connectivity index (χ3v) is 3.29. The number of nitrogens with one attached hydrogen (secondary N) is 1. The number of anilines is 1. The molecule has 0 unspecified atom stereocenters. The van der Waals surface area contributed by atoms with Crippen LogP contribution in [0.25, 0.3) is 0 Å². The van der Waals surface area contributed by atoms with Crippen molar-refractivity contribution in [3.8, 4) is 6.07 Å². The van der Waals surface area contributed by atoms with Crippen molar-refractivity contribution in [3.05, 3.63) is 59.9 Å². The van der Waals surface area contributed by atoms with Crippen LogP contribution in [0.2, 0.25) is 0 Å². The average molecular weight is 279 g/mol. The molecule has 2 rings (SSSR count). The lowest BCUT2D eigenvalue weighted by Gasteiger charge is -2.12. The van der Waals surface area contributed by atoms with Crippen molar-refractivity contribution in [2.24, 2.45) is 5.92 Å².